The van der Waals surface area contributed by atoms with Crippen LogP contribution in [0.4, 0.5) is 4.39 Å². The van der Waals surface area contributed by atoms with Crippen LogP contribution in [-0.4, -0.2) is 18.7 Å². The number of ether oxygens (including phenoxy) is 1. The molecule has 0 aliphatic heterocycles. The third kappa shape index (κ3) is 4.05. The zero-order chi connectivity index (χ0) is 22.7. The van der Waals surface area contributed by atoms with Gasteiger partial charge in [0.05, 0.1) is 12.1 Å². The number of carbonyl (C=O) groups is 2. The van der Waals surface area contributed by atoms with Crippen LogP contribution in [0.15, 0.2) is 91.0 Å². The Hall–Kier alpha value is -3.76. The molecule has 0 unspecified atom stereocenters. The molecule has 158 valence electrons. The molecule has 0 bridgehead atoms. The first kappa shape index (κ1) is 21.5. The number of hydrogen-bond donors (Lipinski definition) is 0. The Balaban J connectivity index is 1.90. The minimum absolute atomic E-state index is 0.256. The van der Waals surface area contributed by atoms with Gasteiger partial charge in [0, 0.05) is 16.7 Å². The number of benzene rings is 4. The summed E-state index contributed by atoms with van der Waals surface area (Å²) in [7, 11) is 1.51. The highest BCUT2D eigenvalue weighted by Crippen LogP contribution is 2.43. The highest BCUT2D eigenvalue weighted by molar-refractivity contribution is 6.50. The molecule has 0 heterocycles. The van der Waals surface area contributed by atoms with Crippen molar-refractivity contribution in [3.05, 3.63) is 113 Å². The number of carbonyl (C=O) groups excluding carboxylic acids is 2. The smallest absolute Gasteiger partial charge is 0.234 e. The minimum atomic E-state index is -0.621. The van der Waals surface area contributed by atoms with Crippen molar-refractivity contribution in [2.45, 2.75) is 0 Å². The molecule has 0 fully saturated rings. The Morgan fingerprint density at radius 3 is 2.09 bits per heavy atom. The van der Waals surface area contributed by atoms with Crippen LogP contribution in [-0.2, 0) is 0 Å². The molecule has 5 heteroatoms. The average Bonchev–Trinajstić information content (AvgIpc) is 2.84. The van der Waals surface area contributed by atoms with E-state index in [2.05, 4.69) is 0 Å². The van der Waals surface area contributed by atoms with Gasteiger partial charge in [-0.2, -0.15) is 0 Å². The molecule has 0 amide bonds. The summed E-state index contributed by atoms with van der Waals surface area (Å²) >= 11 is 6.66. The maximum absolute atomic E-state index is 13.6. The molecule has 4 rings (SSSR count). The lowest BCUT2D eigenvalue weighted by Crippen LogP contribution is -2.15. The molecule has 0 N–H and O–H groups in total. The van der Waals surface area contributed by atoms with Gasteiger partial charge < -0.3 is 4.74 Å². The number of halogens is 2. The van der Waals surface area contributed by atoms with E-state index >= 15 is 0 Å². The first-order valence-corrected chi connectivity index (χ1v) is 10.2. The molecule has 0 saturated carbocycles. The molecular formula is C27H18ClFO3. The molecule has 32 heavy (non-hydrogen) atoms. The van der Waals surface area contributed by atoms with E-state index in [0.717, 1.165) is 0 Å². The first-order chi connectivity index (χ1) is 15.5. The van der Waals surface area contributed by atoms with Crippen molar-refractivity contribution in [1.29, 1.82) is 0 Å². The van der Waals surface area contributed by atoms with Crippen molar-refractivity contribution in [3.63, 3.8) is 0 Å². The highest BCUT2D eigenvalue weighted by Gasteiger charge is 2.24. The fourth-order valence-electron chi connectivity index (χ4n) is 3.60. The van der Waals surface area contributed by atoms with E-state index in [1.54, 1.807) is 78.9 Å². The number of methoxy groups -OCH3 is 1. The summed E-state index contributed by atoms with van der Waals surface area (Å²) in [6.07, 6.45) is 0. The van der Waals surface area contributed by atoms with E-state index < -0.39 is 11.6 Å². The highest BCUT2D eigenvalue weighted by atomic mass is 35.5. The standard InChI is InChI=1S/C27H18ClFO3/c1-32-23-16-15-21(24(25(23)28)17-11-13-19(29)14-12-17)20-9-5-6-10-22(20)27(31)26(30)18-7-3-2-4-8-18/h2-16H,1H3. The van der Waals surface area contributed by atoms with Crippen LogP contribution in [0.25, 0.3) is 22.3 Å². The second-order valence-corrected chi connectivity index (χ2v) is 7.46. The van der Waals surface area contributed by atoms with Gasteiger partial charge in [-0.15, -0.1) is 0 Å². The van der Waals surface area contributed by atoms with Crippen molar-refractivity contribution in [2.24, 2.45) is 0 Å². The normalized spacial score (nSPS) is 10.6. The number of rotatable bonds is 6. The summed E-state index contributed by atoms with van der Waals surface area (Å²) in [5.41, 5.74) is 2.99. The van der Waals surface area contributed by atoms with Crippen LogP contribution >= 0.6 is 11.6 Å². The molecule has 3 nitrogen and oxygen atoms in total. The molecule has 0 spiro atoms. The van der Waals surface area contributed by atoms with Crippen molar-refractivity contribution >= 4 is 23.2 Å². The lowest BCUT2D eigenvalue weighted by atomic mass is 9.89. The third-order valence-corrected chi connectivity index (χ3v) is 5.54. The Labute approximate surface area is 190 Å². The lowest BCUT2D eigenvalue weighted by Gasteiger charge is -2.17. The van der Waals surface area contributed by atoms with Gasteiger partial charge >= 0.3 is 0 Å². The summed E-state index contributed by atoms with van der Waals surface area (Å²) in [4.78, 5) is 26.0. The SMILES string of the molecule is COc1ccc(-c2ccccc2C(=O)C(=O)c2ccccc2)c(-c2ccc(F)cc2)c1Cl. The predicted octanol–water partition coefficient (Wildman–Crippen LogP) is 6.89. The zero-order valence-electron chi connectivity index (χ0n) is 17.1. The maximum Gasteiger partial charge on any atom is 0.234 e. The Morgan fingerprint density at radius 1 is 0.750 bits per heavy atom. The van der Waals surface area contributed by atoms with Gasteiger partial charge in [-0.25, -0.2) is 4.39 Å². The van der Waals surface area contributed by atoms with Crippen LogP contribution in [0.3, 0.4) is 0 Å². The fraction of sp³-hybridized carbons (Fsp3) is 0.0370. The first-order valence-electron chi connectivity index (χ1n) is 9.87. The average molecular weight is 445 g/mol. The summed E-state index contributed by atoms with van der Waals surface area (Å²) in [5, 5.41) is 0.327. The van der Waals surface area contributed by atoms with Gasteiger partial charge in [0.1, 0.15) is 11.6 Å². The van der Waals surface area contributed by atoms with E-state index in [1.165, 1.54) is 19.2 Å². The second kappa shape index (κ2) is 9.16. The van der Waals surface area contributed by atoms with Gasteiger partial charge in [0.15, 0.2) is 0 Å². The van der Waals surface area contributed by atoms with Gasteiger partial charge in [-0.3, -0.25) is 9.59 Å². The quantitative estimate of drug-likeness (QED) is 0.240. The van der Waals surface area contributed by atoms with Crippen LogP contribution < -0.4 is 4.74 Å². The van der Waals surface area contributed by atoms with Crippen LogP contribution in [0, 0.1) is 5.82 Å². The van der Waals surface area contributed by atoms with Gasteiger partial charge in [-0.05, 0) is 41.0 Å². The summed E-state index contributed by atoms with van der Waals surface area (Å²) in [6.45, 7) is 0. The Morgan fingerprint density at radius 2 is 1.41 bits per heavy atom. The van der Waals surface area contributed by atoms with Crippen LogP contribution in [0.2, 0.25) is 5.02 Å². The number of Topliss-reactive ketones (excluding diaryl/α,β-unsaturated/α-hetero) is 2. The second-order valence-electron chi connectivity index (χ2n) is 7.08. The minimum Gasteiger partial charge on any atom is -0.495 e. The van der Waals surface area contributed by atoms with Crippen LogP contribution in [0.1, 0.15) is 20.7 Å². The van der Waals surface area contributed by atoms with Crippen LogP contribution in [0.5, 0.6) is 5.75 Å². The van der Waals surface area contributed by atoms with Gasteiger partial charge in [0.2, 0.25) is 11.6 Å². The van der Waals surface area contributed by atoms with E-state index in [4.69, 9.17) is 16.3 Å². The van der Waals surface area contributed by atoms with Crippen molar-refractivity contribution in [2.75, 3.05) is 7.11 Å². The molecule has 0 atom stereocenters. The largest absolute Gasteiger partial charge is 0.495 e. The summed E-state index contributed by atoms with van der Waals surface area (Å²) in [6, 6.07) is 24.7. The Kier molecular flexibility index (Phi) is 6.15. The fourth-order valence-corrected chi connectivity index (χ4v) is 3.95. The van der Waals surface area contributed by atoms with E-state index in [-0.39, 0.29) is 11.4 Å². The maximum atomic E-state index is 13.6. The number of ketones is 2. The molecule has 0 aromatic heterocycles. The van der Waals surface area contributed by atoms with Gasteiger partial charge in [0.25, 0.3) is 0 Å². The Bertz CT molecular complexity index is 1300. The molecule has 4 aromatic rings. The molecular weight excluding hydrogens is 427 g/mol. The lowest BCUT2D eigenvalue weighted by molar-refractivity contribution is 0.0817. The summed E-state index contributed by atoms with van der Waals surface area (Å²) in [5.74, 6) is -1.15. The summed E-state index contributed by atoms with van der Waals surface area (Å²) < 4.78 is 18.9. The topological polar surface area (TPSA) is 43.4 Å². The third-order valence-electron chi connectivity index (χ3n) is 5.16. The van der Waals surface area contributed by atoms with E-state index in [1.807, 2.05) is 0 Å². The molecule has 0 radical (unpaired) electrons. The zero-order valence-corrected chi connectivity index (χ0v) is 17.9. The molecule has 4 aromatic carbocycles. The molecule has 0 aliphatic rings. The van der Waals surface area contributed by atoms with Gasteiger partial charge in [-0.1, -0.05) is 78.3 Å². The van der Waals surface area contributed by atoms with E-state index in [0.29, 0.717) is 38.6 Å². The monoisotopic (exact) mass is 444 g/mol. The predicted molar refractivity (Wildman–Crippen MR) is 124 cm³/mol. The van der Waals surface area contributed by atoms with Crippen molar-refractivity contribution in [1.82, 2.24) is 0 Å². The van der Waals surface area contributed by atoms with Crippen molar-refractivity contribution in [3.8, 4) is 28.0 Å². The molecule has 0 saturated heterocycles. The molecule has 0 aliphatic carbocycles. The number of hydrogen-bond acceptors (Lipinski definition) is 3. The van der Waals surface area contributed by atoms with Crippen molar-refractivity contribution < 1.29 is 18.7 Å². The van der Waals surface area contributed by atoms with E-state index in [9.17, 15) is 14.0 Å².